The molecule has 2 aromatic rings. The molecule has 0 aromatic carbocycles. The first-order valence-corrected chi connectivity index (χ1v) is 7.64. The summed E-state index contributed by atoms with van der Waals surface area (Å²) in [4.78, 5) is 32.3. The van der Waals surface area contributed by atoms with Crippen LogP contribution in [0.25, 0.3) is 4.96 Å². The van der Waals surface area contributed by atoms with Crippen molar-refractivity contribution in [1.82, 2.24) is 19.5 Å². The number of aromatic nitrogens is 3. The molecule has 0 aliphatic carbocycles. The molecule has 0 N–H and O–H groups in total. The highest BCUT2D eigenvalue weighted by atomic mass is 32.1. The van der Waals surface area contributed by atoms with Gasteiger partial charge in [-0.3, -0.25) is 9.59 Å². The number of amides is 1. The number of hydrogen-bond donors (Lipinski definition) is 0. The van der Waals surface area contributed by atoms with E-state index in [4.69, 9.17) is 0 Å². The molecule has 0 unspecified atom stereocenters. The second-order valence-corrected chi connectivity index (χ2v) is 5.67. The average Bonchev–Trinajstić information content (AvgIpc) is 2.84. The number of carbonyl (C=O) groups is 1. The Balaban J connectivity index is 2.24. The van der Waals surface area contributed by atoms with Crippen molar-refractivity contribution in [3.05, 3.63) is 22.1 Å². The van der Waals surface area contributed by atoms with Gasteiger partial charge in [0.15, 0.2) is 0 Å². The second-order valence-electron chi connectivity index (χ2n) is 4.74. The number of rotatable bonds is 5. The molecular formula is C13H19N5O2S. The molecule has 0 saturated heterocycles. The van der Waals surface area contributed by atoms with Crippen molar-refractivity contribution in [3.63, 3.8) is 0 Å². The Hall–Kier alpha value is -1.96. The van der Waals surface area contributed by atoms with E-state index in [-0.39, 0.29) is 18.0 Å². The first kappa shape index (κ1) is 15.4. The standard InChI is InChI=1S/C13H19N5O2S/c1-5-17(6-2)11(20)8-16(4)13-15-18-10(19)7-9(3)14-12(18)21-13/h7H,5-6,8H2,1-4H3. The fourth-order valence-corrected chi connectivity index (χ4v) is 2.92. The molecule has 0 radical (unpaired) electrons. The molecule has 21 heavy (non-hydrogen) atoms. The van der Waals surface area contributed by atoms with Gasteiger partial charge in [-0.2, -0.15) is 4.52 Å². The van der Waals surface area contributed by atoms with E-state index in [1.54, 1.807) is 23.8 Å². The fraction of sp³-hybridized carbons (Fsp3) is 0.538. The number of carbonyl (C=O) groups excluding carboxylic acids is 1. The third-order valence-electron chi connectivity index (χ3n) is 3.18. The Kier molecular flexibility index (Phi) is 4.56. The van der Waals surface area contributed by atoms with Crippen LogP contribution in [0.5, 0.6) is 0 Å². The maximum Gasteiger partial charge on any atom is 0.275 e. The van der Waals surface area contributed by atoms with Gasteiger partial charge >= 0.3 is 0 Å². The van der Waals surface area contributed by atoms with E-state index in [0.717, 1.165) is 0 Å². The lowest BCUT2D eigenvalue weighted by Gasteiger charge is -2.22. The van der Waals surface area contributed by atoms with Gasteiger partial charge in [0.25, 0.3) is 5.56 Å². The van der Waals surface area contributed by atoms with Crippen LogP contribution in [0.4, 0.5) is 5.13 Å². The van der Waals surface area contributed by atoms with Crippen molar-refractivity contribution in [1.29, 1.82) is 0 Å². The highest BCUT2D eigenvalue weighted by Crippen LogP contribution is 2.20. The zero-order valence-electron chi connectivity index (χ0n) is 12.7. The normalized spacial score (nSPS) is 10.9. The predicted molar refractivity (Wildman–Crippen MR) is 83.1 cm³/mol. The monoisotopic (exact) mass is 309 g/mol. The first-order chi connectivity index (χ1) is 9.96. The number of fused-ring (bicyclic) bond motifs is 1. The van der Waals surface area contributed by atoms with Gasteiger partial charge in [0.2, 0.25) is 16.0 Å². The summed E-state index contributed by atoms with van der Waals surface area (Å²) in [5, 5.41) is 4.84. The van der Waals surface area contributed by atoms with Gasteiger partial charge in [0.05, 0.1) is 6.54 Å². The highest BCUT2D eigenvalue weighted by molar-refractivity contribution is 7.20. The van der Waals surface area contributed by atoms with E-state index >= 15 is 0 Å². The smallest absolute Gasteiger partial charge is 0.275 e. The van der Waals surface area contributed by atoms with Crippen LogP contribution in [0, 0.1) is 6.92 Å². The van der Waals surface area contributed by atoms with E-state index in [9.17, 15) is 9.59 Å². The van der Waals surface area contributed by atoms with Crippen molar-refractivity contribution < 1.29 is 4.79 Å². The minimum absolute atomic E-state index is 0.0400. The molecule has 8 heteroatoms. The Morgan fingerprint density at radius 2 is 2.05 bits per heavy atom. The minimum Gasteiger partial charge on any atom is -0.342 e. The molecule has 0 saturated carbocycles. The van der Waals surface area contributed by atoms with Gasteiger partial charge in [-0.1, -0.05) is 11.3 Å². The van der Waals surface area contributed by atoms with Crippen LogP contribution < -0.4 is 10.5 Å². The van der Waals surface area contributed by atoms with E-state index in [0.29, 0.717) is 28.9 Å². The summed E-state index contributed by atoms with van der Waals surface area (Å²) in [6.45, 7) is 7.27. The number of nitrogens with zero attached hydrogens (tertiary/aromatic N) is 5. The third-order valence-corrected chi connectivity index (χ3v) is 4.20. The third kappa shape index (κ3) is 3.21. The Bertz CT molecular complexity index is 704. The van der Waals surface area contributed by atoms with Crippen molar-refractivity contribution in [3.8, 4) is 0 Å². The summed E-state index contributed by atoms with van der Waals surface area (Å²) in [6.07, 6.45) is 0. The molecule has 2 heterocycles. The summed E-state index contributed by atoms with van der Waals surface area (Å²) in [7, 11) is 1.79. The number of anilines is 1. The second kappa shape index (κ2) is 6.21. The lowest BCUT2D eigenvalue weighted by Crippen LogP contribution is -2.38. The molecule has 1 amide bonds. The zero-order chi connectivity index (χ0) is 15.6. The van der Waals surface area contributed by atoms with Crippen LogP contribution in [0.2, 0.25) is 0 Å². The summed E-state index contributed by atoms with van der Waals surface area (Å²) in [5.74, 6) is 0.0400. The maximum absolute atomic E-state index is 12.1. The lowest BCUT2D eigenvalue weighted by atomic mass is 10.4. The quantitative estimate of drug-likeness (QED) is 0.815. The van der Waals surface area contributed by atoms with Crippen LogP contribution in [0.15, 0.2) is 10.9 Å². The van der Waals surface area contributed by atoms with Gasteiger partial charge in [0.1, 0.15) is 0 Å². The molecule has 0 aliphatic rings. The predicted octanol–water partition coefficient (Wildman–Crippen LogP) is 0.764. The van der Waals surface area contributed by atoms with Crippen LogP contribution in [-0.2, 0) is 4.79 Å². The summed E-state index contributed by atoms with van der Waals surface area (Å²) >= 11 is 1.30. The zero-order valence-corrected chi connectivity index (χ0v) is 13.5. The highest BCUT2D eigenvalue weighted by Gasteiger charge is 2.16. The van der Waals surface area contributed by atoms with Gasteiger partial charge in [-0.05, 0) is 20.8 Å². The van der Waals surface area contributed by atoms with Crippen LogP contribution >= 0.6 is 11.3 Å². The molecule has 0 spiro atoms. The van der Waals surface area contributed by atoms with Gasteiger partial charge in [-0.25, -0.2) is 4.98 Å². The van der Waals surface area contributed by atoms with Crippen molar-refractivity contribution in [2.75, 3.05) is 31.6 Å². The summed E-state index contributed by atoms with van der Waals surface area (Å²) in [6, 6.07) is 1.44. The van der Waals surface area contributed by atoms with Crippen LogP contribution in [0.1, 0.15) is 19.5 Å². The molecule has 0 fully saturated rings. The van der Waals surface area contributed by atoms with E-state index in [1.165, 1.54) is 21.9 Å². The van der Waals surface area contributed by atoms with Gasteiger partial charge in [0, 0.05) is 31.9 Å². The Morgan fingerprint density at radius 1 is 1.38 bits per heavy atom. The fourth-order valence-electron chi connectivity index (χ4n) is 2.01. The topological polar surface area (TPSA) is 70.8 Å². The molecular weight excluding hydrogens is 290 g/mol. The number of hydrogen-bond acceptors (Lipinski definition) is 6. The molecule has 2 aromatic heterocycles. The molecule has 0 aliphatic heterocycles. The Labute approximate surface area is 126 Å². The van der Waals surface area contributed by atoms with Gasteiger partial charge in [-0.15, -0.1) is 5.10 Å². The number of aryl methyl sites for hydroxylation is 1. The van der Waals surface area contributed by atoms with Gasteiger partial charge < -0.3 is 9.80 Å². The average molecular weight is 309 g/mol. The minimum atomic E-state index is -0.205. The maximum atomic E-state index is 12.1. The first-order valence-electron chi connectivity index (χ1n) is 6.82. The largest absolute Gasteiger partial charge is 0.342 e. The van der Waals surface area contributed by atoms with Crippen molar-refractivity contribution >= 4 is 27.3 Å². The van der Waals surface area contributed by atoms with Crippen LogP contribution in [-0.4, -0.2) is 52.1 Å². The van der Waals surface area contributed by atoms with E-state index in [1.807, 2.05) is 13.8 Å². The summed E-state index contributed by atoms with van der Waals surface area (Å²) in [5.41, 5.74) is 0.459. The van der Waals surface area contributed by atoms with E-state index in [2.05, 4.69) is 10.1 Å². The Morgan fingerprint density at radius 3 is 2.67 bits per heavy atom. The molecule has 114 valence electrons. The molecule has 2 rings (SSSR count). The molecule has 7 nitrogen and oxygen atoms in total. The van der Waals surface area contributed by atoms with Crippen LogP contribution in [0.3, 0.4) is 0 Å². The van der Waals surface area contributed by atoms with E-state index < -0.39 is 0 Å². The van der Waals surface area contributed by atoms with Crippen molar-refractivity contribution in [2.45, 2.75) is 20.8 Å². The molecule has 0 atom stereocenters. The number of likely N-dealkylation sites (N-methyl/N-ethyl adjacent to an activating group) is 2. The molecule has 0 bridgehead atoms. The summed E-state index contributed by atoms with van der Waals surface area (Å²) < 4.78 is 1.27. The SMILES string of the molecule is CCN(CC)C(=O)CN(C)c1nn2c(=O)cc(C)nc2s1. The van der Waals surface area contributed by atoms with Crippen molar-refractivity contribution in [2.24, 2.45) is 0 Å². The lowest BCUT2D eigenvalue weighted by molar-refractivity contribution is -0.129.